The van der Waals surface area contributed by atoms with Crippen molar-refractivity contribution in [2.45, 2.75) is 38.6 Å². The molecule has 0 bridgehead atoms. The maximum absolute atomic E-state index is 12.6. The molecule has 0 spiro atoms. The average Bonchev–Trinajstić information content (AvgIpc) is 2.53. The maximum Gasteiger partial charge on any atom is 0.251 e. The average molecular weight is 390 g/mol. The molecule has 0 aromatic heterocycles. The topological polar surface area (TPSA) is 95.6 Å². The van der Waals surface area contributed by atoms with Crippen molar-refractivity contribution >= 4 is 33.4 Å². The molecule has 0 aliphatic rings. The van der Waals surface area contributed by atoms with Crippen LogP contribution in [-0.4, -0.2) is 50.2 Å². The van der Waals surface area contributed by atoms with E-state index in [9.17, 15) is 18.0 Å². The summed E-state index contributed by atoms with van der Waals surface area (Å²) in [5, 5.41) is 5.15. The monoisotopic (exact) mass is 389 g/mol. The number of rotatable bonds is 8. The molecular formula is C16H24ClN3O4S. The number of sulfonamides is 1. The first-order valence-corrected chi connectivity index (χ1v) is 9.82. The largest absolute Gasteiger partial charge is 0.352 e. The number of benzene rings is 1. The first-order valence-electron chi connectivity index (χ1n) is 8.00. The Hall–Kier alpha value is -1.64. The van der Waals surface area contributed by atoms with Gasteiger partial charge in [-0.05, 0) is 32.0 Å². The van der Waals surface area contributed by atoms with E-state index in [1.807, 2.05) is 13.8 Å². The third-order valence-electron chi connectivity index (χ3n) is 3.38. The molecule has 7 nitrogen and oxygen atoms in total. The van der Waals surface area contributed by atoms with E-state index in [1.165, 1.54) is 22.5 Å². The summed E-state index contributed by atoms with van der Waals surface area (Å²) in [4.78, 5) is 23.7. The second-order valence-corrected chi connectivity index (χ2v) is 7.95. The van der Waals surface area contributed by atoms with Gasteiger partial charge in [0.1, 0.15) is 4.90 Å². The highest BCUT2D eigenvalue weighted by Gasteiger charge is 2.25. The van der Waals surface area contributed by atoms with Crippen molar-refractivity contribution in [1.82, 2.24) is 14.9 Å². The molecule has 2 amide bonds. The van der Waals surface area contributed by atoms with Crippen LogP contribution in [0, 0.1) is 0 Å². The van der Waals surface area contributed by atoms with Gasteiger partial charge in [-0.1, -0.05) is 25.4 Å². The Labute approximate surface area is 153 Å². The molecule has 1 aromatic rings. The number of hydrogen-bond acceptors (Lipinski definition) is 4. The summed E-state index contributed by atoms with van der Waals surface area (Å²) < 4.78 is 26.5. The normalized spacial score (nSPS) is 11.6. The van der Waals surface area contributed by atoms with Crippen molar-refractivity contribution in [1.29, 1.82) is 0 Å². The zero-order valence-corrected chi connectivity index (χ0v) is 16.4. The number of amides is 2. The lowest BCUT2D eigenvalue weighted by molar-refractivity contribution is -0.120. The van der Waals surface area contributed by atoms with Gasteiger partial charge in [-0.3, -0.25) is 9.59 Å². The molecule has 0 aliphatic carbocycles. The Morgan fingerprint density at radius 3 is 2.32 bits per heavy atom. The highest BCUT2D eigenvalue weighted by molar-refractivity contribution is 7.89. The quantitative estimate of drug-likeness (QED) is 0.706. The molecule has 0 atom stereocenters. The molecule has 0 radical (unpaired) electrons. The Bertz CT molecular complexity index is 731. The second kappa shape index (κ2) is 9.17. The minimum Gasteiger partial charge on any atom is -0.352 e. The van der Waals surface area contributed by atoms with Gasteiger partial charge in [-0.2, -0.15) is 4.31 Å². The summed E-state index contributed by atoms with van der Waals surface area (Å²) in [5.74, 6) is -0.875. The fourth-order valence-electron chi connectivity index (χ4n) is 2.18. The van der Waals surface area contributed by atoms with Crippen LogP contribution in [-0.2, 0) is 14.8 Å². The first-order chi connectivity index (χ1) is 11.6. The van der Waals surface area contributed by atoms with E-state index >= 15 is 0 Å². The summed E-state index contributed by atoms with van der Waals surface area (Å²) in [7, 11) is -3.79. The number of hydrogen-bond donors (Lipinski definition) is 2. The van der Waals surface area contributed by atoms with E-state index in [1.54, 1.807) is 13.8 Å². The molecular weight excluding hydrogens is 366 g/mol. The number of nitrogens with zero attached hydrogens (tertiary/aromatic N) is 1. The predicted octanol–water partition coefficient (Wildman–Crippen LogP) is 1.62. The van der Waals surface area contributed by atoms with Gasteiger partial charge in [-0.25, -0.2) is 8.42 Å². The Balaban J connectivity index is 3.01. The lowest BCUT2D eigenvalue weighted by atomic mass is 10.2. The van der Waals surface area contributed by atoms with Crippen LogP contribution in [0.3, 0.4) is 0 Å². The van der Waals surface area contributed by atoms with Crippen molar-refractivity contribution in [3.63, 3.8) is 0 Å². The summed E-state index contributed by atoms with van der Waals surface area (Å²) in [6.45, 7) is 7.45. The minimum absolute atomic E-state index is 0.0363. The van der Waals surface area contributed by atoms with Crippen LogP contribution in [0.5, 0.6) is 0 Å². The SMILES string of the molecule is CCN(CC)S(=O)(=O)c1cc(C(=O)NCC(=O)NC(C)C)ccc1Cl. The molecule has 1 aromatic carbocycles. The summed E-state index contributed by atoms with van der Waals surface area (Å²) in [6.07, 6.45) is 0. The molecule has 1 rings (SSSR count). The van der Waals surface area contributed by atoms with Crippen molar-refractivity contribution in [3.05, 3.63) is 28.8 Å². The van der Waals surface area contributed by atoms with Crippen molar-refractivity contribution in [2.75, 3.05) is 19.6 Å². The van der Waals surface area contributed by atoms with Crippen LogP contribution in [0.25, 0.3) is 0 Å². The van der Waals surface area contributed by atoms with Crippen molar-refractivity contribution in [3.8, 4) is 0 Å². The van der Waals surface area contributed by atoms with Crippen LogP contribution in [0.4, 0.5) is 0 Å². The molecule has 0 aliphatic heterocycles. The molecule has 0 fully saturated rings. The Morgan fingerprint density at radius 1 is 1.20 bits per heavy atom. The molecule has 2 N–H and O–H groups in total. The van der Waals surface area contributed by atoms with E-state index in [-0.39, 0.29) is 34.0 Å². The van der Waals surface area contributed by atoms with Gasteiger partial charge in [-0.15, -0.1) is 0 Å². The van der Waals surface area contributed by atoms with Crippen molar-refractivity contribution < 1.29 is 18.0 Å². The molecule has 0 heterocycles. The predicted molar refractivity (Wildman–Crippen MR) is 97.2 cm³/mol. The van der Waals surface area contributed by atoms with Gasteiger partial charge in [0.05, 0.1) is 11.6 Å². The third kappa shape index (κ3) is 5.69. The number of nitrogens with one attached hydrogen (secondary N) is 2. The van der Waals surface area contributed by atoms with E-state index in [0.717, 1.165) is 0 Å². The molecule has 25 heavy (non-hydrogen) atoms. The van der Waals surface area contributed by atoms with Crippen LogP contribution < -0.4 is 10.6 Å². The Kier molecular flexibility index (Phi) is 7.85. The minimum atomic E-state index is -3.79. The van der Waals surface area contributed by atoms with Gasteiger partial charge in [0.15, 0.2) is 0 Å². The summed E-state index contributed by atoms with van der Waals surface area (Å²) in [5.41, 5.74) is 0.118. The third-order valence-corrected chi connectivity index (χ3v) is 5.91. The summed E-state index contributed by atoms with van der Waals surface area (Å²) >= 11 is 6.03. The molecule has 0 saturated heterocycles. The zero-order valence-electron chi connectivity index (χ0n) is 14.8. The van der Waals surface area contributed by atoms with Crippen LogP contribution in [0.2, 0.25) is 5.02 Å². The van der Waals surface area contributed by atoms with Crippen LogP contribution in [0.1, 0.15) is 38.1 Å². The highest BCUT2D eigenvalue weighted by atomic mass is 35.5. The fraction of sp³-hybridized carbons (Fsp3) is 0.500. The van der Waals surface area contributed by atoms with Gasteiger partial charge in [0.25, 0.3) is 5.91 Å². The smallest absolute Gasteiger partial charge is 0.251 e. The number of carbonyl (C=O) groups excluding carboxylic acids is 2. The van der Waals surface area contributed by atoms with Gasteiger partial charge >= 0.3 is 0 Å². The second-order valence-electron chi connectivity index (χ2n) is 5.64. The van der Waals surface area contributed by atoms with Gasteiger partial charge in [0, 0.05) is 24.7 Å². The van der Waals surface area contributed by atoms with Crippen LogP contribution >= 0.6 is 11.6 Å². The lowest BCUT2D eigenvalue weighted by Gasteiger charge is -2.19. The molecule has 140 valence electrons. The lowest BCUT2D eigenvalue weighted by Crippen LogP contribution is -2.39. The van der Waals surface area contributed by atoms with Gasteiger partial charge < -0.3 is 10.6 Å². The van der Waals surface area contributed by atoms with Gasteiger partial charge in [0.2, 0.25) is 15.9 Å². The van der Waals surface area contributed by atoms with Crippen molar-refractivity contribution in [2.24, 2.45) is 0 Å². The molecule has 0 unspecified atom stereocenters. The van der Waals surface area contributed by atoms with E-state index < -0.39 is 15.9 Å². The first kappa shape index (κ1) is 21.4. The van der Waals surface area contributed by atoms with Crippen LogP contribution in [0.15, 0.2) is 23.1 Å². The number of carbonyl (C=O) groups is 2. The Morgan fingerprint density at radius 2 is 1.80 bits per heavy atom. The van der Waals surface area contributed by atoms with E-state index in [2.05, 4.69) is 10.6 Å². The van der Waals surface area contributed by atoms with E-state index in [0.29, 0.717) is 13.1 Å². The zero-order chi connectivity index (χ0) is 19.2. The molecule has 9 heteroatoms. The maximum atomic E-state index is 12.6. The van der Waals surface area contributed by atoms with E-state index in [4.69, 9.17) is 11.6 Å². The summed E-state index contributed by atoms with van der Waals surface area (Å²) in [6, 6.07) is 3.97. The highest BCUT2D eigenvalue weighted by Crippen LogP contribution is 2.25. The fourth-order valence-corrected chi connectivity index (χ4v) is 4.14. The standard InChI is InChI=1S/C16H24ClN3O4S/c1-5-20(6-2)25(23,24)14-9-12(7-8-13(14)17)16(22)18-10-15(21)19-11(3)4/h7-9,11H,5-6,10H2,1-4H3,(H,18,22)(H,19,21). The number of halogens is 1. The molecule has 0 saturated carbocycles.